The summed E-state index contributed by atoms with van der Waals surface area (Å²) in [6.07, 6.45) is 6.02. The first-order valence-corrected chi connectivity index (χ1v) is 10.3. The van der Waals surface area contributed by atoms with E-state index < -0.39 is 0 Å². The first-order chi connectivity index (χ1) is 13.2. The predicted octanol–water partition coefficient (Wildman–Crippen LogP) is 4.62. The molecular formula is C22H25N3OS. The number of benzene rings is 2. The summed E-state index contributed by atoms with van der Waals surface area (Å²) in [4.78, 5) is 4.46. The van der Waals surface area contributed by atoms with E-state index in [2.05, 4.69) is 53.5 Å². The summed E-state index contributed by atoms with van der Waals surface area (Å²) in [7, 11) is 1.73. The lowest BCUT2D eigenvalue weighted by Crippen LogP contribution is -2.54. The number of thiazole rings is 1. The van der Waals surface area contributed by atoms with Crippen LogP contribution in [0.5, 0.6) is 5.75 Å². The normalized spacial score (nSPS) is 20.5. The van der Waals surface area contributed by atoms with Gasteiger partial charge in [0.15, 0.2) is 0 Å². The number of ether oxygens (including phenoxy) is 1. The van der Waals surface area contributed by atoms with Crippen molar-refractivity contribution >= 4 is 11.3 Å². The van der Waals surface area contributed by atoms with Crippen LogP contribution in [0.25, 0.3) is 10.6 Å². The number of nitrogens with two attached hydrogens (primary N) is 1. The van der Waals surface area contributed by atoms with Crippen molar-refractivity contribution < 1.29 is 4.74 Å². The fraction of sp³-hybridized carbons (Fsp3) is 0.318. The molecule has 5 heteroatoms. The summed E-state index contributed by atoms with van der Waals surface area (Å²) in [5, 5.41) is 5.08. The van der Waals surface area contributed by atoms with Crippen molar-refractivity contribution in [1.82, 2.24) is 9.99 Å². The van der Waals surface area contributed by atoms with Crippen molar-refractivity contribution in [3.63, 3.8) is 0 Å². The van der Waals surface area contributed by atoms with Gasteiger partial charge in [-0.15, -0.1) is 11.3 Å². The van der Waals surface area contributed by atoms with E-state index >= 15 is 0 Å². The molecule has 2 aromatic carbocycles. The van der Waals surface area contributed by atoms with E-state index in [0.717, 1.165) is 42.1 Å². The topological polar surface area (TPSA) is 51.4 Å². The molecule has 27 heavy (non-hydrogen) atoms. The van der Waals surface area contributed by atoms with Gasteiger partial charge in [-0.2, -0.15) is 0 Å². The molecule has 1 fully saturated rings. The quantitative estimate of drug-likeness (QED) is 0.658. The van der Waals surface area contributed by atoms with E-state index in [1.165, 1.54) is 17.5 Å². The van der Waals surface area contributed by atoms with Crippen LogP contribution in [0.4, 0.5) is 0 Å². The summed E-state index contributed by atoms with van der Waals surface area (Å²) < 4.78 is 5.70. The molecule has 2 heterocycles. The zero-order chi connectivity index (χ0) is 18.7. The van der Waals surface area contributed by atoms with Crippen LogP contribution in [0.15, 0.2) is 60.1 Å². The van der Waals surface area contributed by atoms with Crippen LogP contribution in [0, 0.1) is 0 Å². The molecule has 3 aromatic rings. The van der Waals surface area contributed by atoms with E-state index in [1.807, 2.05) is 16.6 Å². The molecule has 1 saturated heterocycles. The Hall–Kier alpha value is -2.21. The van der Waals surface area contributed by atoms with Crippen molar-refractivity contribution in [3.05, 3.63) is 71.2 Å². The molecule has 1 aliphatic rings. The minimum atomic E-state index is -0.214. The lowest BCUT2D eigenvalue weighted by atomic mass is 9.76. The maximum absolute atomic E-state index is 6.60. The Bertz CT molecular complexity index is 882. The van der Waals surface area contributed by atoms with Crippen molar-refractivity contribution in [3.8, 4) is 16.3 Å². The molecular weight excluding hydrogens is 354 g/mol. The Balaban J connectivity index is 1.78. The highest BCUT2D eigenvalue weighted by atomic mass is 32.1. The van der Waals surface area contributed by atoms with E-state index in [1.54, 1.807) is 18.4 Å². The minimum absolute atomic E-state index is 0.214. The van der Waals surface area contributed by atoms with Crippen LogP contribution in [0.1, 0.15) is 30.4 Å². The highest BCUT2D eigenvalue weighted by Crippen LogP contribution is 2.41. The summed E-state index contributed by atoms with van der Waals surface area (Å²) in [6.45, 7) is 0.906. The van der Waals surface area contributed by atoms with E-state index in [9.17, 15) is 0 Å². The van der Waals surface area contributed by atoms with Crippen molar-refractivity contribution in [2.75, 3.05) is 13.7 Å². The molecule has 4 rings (SSSR count). The third kappa shape index (κ3) is 3.50. The van der Waals surface area contributed by atoms with Gasteiger partial charge < -0.3 is 4.74 Å². The van der Waals surface area contributed by atoms with Crippen LogP contribution < -0.4 is 10.6 Å². The summed E-state index contributed by atoms with van der Waals surface area (Å²) in [5.41, 5.74) is 3.36. The molecule has 1 aliphatic heterocycles. The molecule has 140 valence electrons. The first-order valence-electron chi connectivity index (χ1n) is 9.37. The monoisotopic (exact) mass is 379 g/mol. The van der Waals surface area contributed by atoms with Gasteiger partial charge in [-0.3, -0.25) is 5.84 Å². The first kappa shape index (κ1) is 18.2. The Labute approximate surface area is 164 Å². The molecule has 0 bridgehead atoms. The number of nitrogens with zero attached hydrogens (tertiary/aromatic N) is 2. The zero-order valence-electron chi connectivity index (χ0n) is 15.6. The van der Waals surface area contributed by atoms with Gasteiger partial charge in [0.05, 0.1) is 12.6 Å². The lowest BCUT2D eigenvalue weighted by Gasteiger charge is -2.45. The number of hydrogen-bond acceptors (Lipinski definition) is 5. The molecule has 0 saturated carbocycles. The standard InChI is InChI=1S/C22H25N3OS/c1-26-20-10-9-17(21-24-12-14-27-21)15-18(20)16-22(11-5-6-13-25(22)23)19-7-3-2-4-8-19/h2-4,7-10,12,14-15H,5-6,11,13,16,23H2,1H3. The van der Waals surface area contributed by atoms with Crippen molar-refractivity contribution in [1.29, 1.82) is 0 Å². The summed E-state index contributed by atoms with van der Waals surface area (Å²) in [5.74, 6) is 7.51. The predicted molar refractivity (Wildman–Crippen MR) is 111 cm³/mol. The molecule has 4 nitrogen and oxygen atoms in total. The second-order valence-electron chi connectivity index (χ2n) is 7.09. The number of methoxy groups -OCH3 is 1. The van der Waals surface area contributed by atoms with Gasteiger partial charge in [0.25, 0.3) is 0 Å². The Morgan fingerprint density at radius 1 is 1.19 bits per heavy atom. The third-order valence-electron chi connectivity index (χ3n) is 5.54. The SMILES string of the molecule is COc1ccc(-c2nccs2)cc1CC1(c2ccccc2)CCCCN1N. The molecule has 0 radical (unpaired) electrons. The smallest absolute Gasteiger partial charge is 0.123 e. The van der Waals surface area contributed by atoms with Gasteiger partial charge in [-0.05, 0) is 55.0 Å². The van der Waals surface area contributed by atoms with Crippen LogP contribution in [0.3, 0.4) is 0 Å². The second-order valence-corrected chi connectivity index (χ2v) is 7.98. The fourth-order valence-corrected chi connectivity index (χ4v) is 4.77. The summed E-state index contributed by atoms with van der Waals surface area (Å²) in [6, 6.07) is 17.0. The Morgan fingerprint density at radius 2 is 2.04 bits per heavy atom. The average Bonchev–Trinajstić information content (AvgIpc) is 3.25. The van der Waals surface area contributed by atoms with Gasteiger partial charge in [0.2, 0.25) is 0 Å². The Kier molecular flexibility index (Phi) is 5.25. The maximum Gasteiger partial charge on any atom is 0.123 e. The van der Waals surface area contributed by atoms with E-state index in [-0.39, 0.29) is 5.54 Å². The average molecular weight is 380 g/mol. The number of aromatic nitrogens is 1. The second kappa shape index (κ2) is 7.80. The van der Waals surface area contributed by atoms with Crippen LogP contribution >= 0.6 is 11.3 Å². The highest BCUT2D eigenvalue weighted by Gasteiger charge is 2.39. The minimum Gasteiger partial charge on any atom is -0.496 e. The molecule has 0 spiro atoms. The lowest BCUT2D eigenvalue weighted by molar-refractivity contribution is 0.0421. The zero-order valence-corrected chi connectivity index (χ0v) is 16.4. The van der Waals surface area contributed by atoms with Gasteiger partial charge >= 0.3 is 0 Å². The number of hydrogen-bond donors (Lipinski definition) is 1. The molecule has 1 unspecified atom stereocenters. The largest absolute Gasteiger partial charge is 0.496 e. The number of piperidine rings is 1. The van der Waals surface area contributed by atoms with Crippen molar-refractivity contribution in [2.24, 2.45) is 5.84 Å². The summed E-state index contributed by atoms with van der Waals surface area (Å²) >= 11 is 1.65. The number of rotatable bonds is 5. The fourth-order valence-electron chi connectivity index (χ4n) is 4.14. The Morgan fingerprint density at radius 3 is 2.74 bits per heavy atom. The third-order valence-corrected chi connectivity index (χ3v) is 6.37. The molecule has 1 atom stereocenters. The van der Waals surface area contributed by atoms with Gasteiger partial charge in [-0.25, -0.2) is 9.99 Å². The molecule has 0 amide bonds. The van der Waals surface area contributed by atoms with Crippen LogP contribution in [-0.4, -0.2) is 23.6 Å². The van der Waals surface area contributed by atoms with Crippen molar-refractivity contribution in [2.45, 2.75) is 31.2 Å². The molecule has 1 aromatic heterocycles. The molecule has 2 N–H and O–H groups in total. The van der Waals surface area contributed by atoms with Gasteiger partial charge in [-0.1, -0.05) is 30.3 Å². The molecule has 0 aliphatic carbocycles. The van der Waals surface area contributed by atoms with Crippen LogP contribution in [-0.2, 0) is 12.0 Å². The van der Waals surface area contributed by atoms with Gasteiger partial charge in [0.1, 0.15) is 10.8 Å². The van der Waals surface area contributed by atoms with E-state index in [0.29, 0.717) is 0 Å². The highest BCUT2D eigenvalue weighted by molar-refractivity contribution is 7.13. The van der Waals surface area contributed by atoms with E-state index in [4.69, 9.17) is 10.6 Å². The maximum atomic E-state index is 6.60. The number of hydrazine groups is 1. The van der Waals surface area contributed by atoms with Crippen LogP contribution in [0.2, 0.25) is 0 Å². The van der Waals surface area contributed by atoms with Gasteiger partial charge in [0, 0.05) is 23.7 Å².